The van der Waals surface area contributed by atoms with Crippen LogP contribution in [-0.4, -0.2) is 149 Å². The number of benzene rings is 1. The molecule has 14 heteroatoms. The second-order valence-electron chi connectivity index (χ2n) is 16.4. The first kappa shape index (κ1) is 49.6. The second-order valence-corrected chi connectivity index (χ2v) is 16.4. The molecule has 0 unspecified atom stereocenters. The summed E-state index contributed by atoms with van der Waals surface area (Å²) in [6, 6.07) is 6.42. The minimum atomic E-state index is -0.893. The molecule has 1 aliphatic heterocycles. The van der Waals surface area contributed by atoms with Crippen molar-refractivity contribution in [2.45, 2.75) is 123 Å². The lowest BCUT2D eigenvalue weighted by Crippen LogP contribution is -2.60. The molecule has 0 radical (unpaired) electrons. The van der Waals surface area contributed by atoms with E-state index in [1.807, 2.05) is 90.9 Å². The summed E-state index contributed by atoms with van der Waals surface area (Å²) in [5.74, 6) is -2.46. The molecule has 0 spiro atoms. The van der Waals surface area contributed by atoms with Crippen LogP contribution in [0.2, 0.25) is 0 Å². The van der Waals surface area contributed by atoms with Crippen molar-refractivity contribution in [1.82, 2.24) is 30.7 Å². The molecule has 1 heterocycles. The molecule has 1 aliphatic rings. The van der Waals surface area contributed by atoms with E-state index in [4.69, 9.17) is 14.2 Å². The summed E-state index contributed by atoms with van der Waals surface area (Å²) in [6.07, 6.45) is 1.05. The molecular formula is C43H74N6O8. The summed E-state index contributed by atoms with van der Waals surface area (Å²) in [5, 5.41) is 9.08. The number of carbonyl (C=O) groups excluding carboxylic acids is 5. The van der Waals surface area contributed by atoms with Gasteiger partial charge in [-0.15, -0.1) is 0 Å². The normalized spacial score (nSPS) is 18.7. The minimum Gasteiger partial charge on any atom is -0.467 e. The Bertz CT molecular complexity index is 1410. The van der Waals surface area contributed by atoms with E-state index in [-0.39, 0.29) is 54.2 Å². The standard InChI is InChI=1S/C43H74N6O8/c1-14-29(6)38(48(10)42(53)36(27(2)3)46-41(52)37(28(4)5)47(9)24-22-44-8)34(55-11)26-35(50)49-23-18-21-33(49)39(56-12)30(7)40(51)45-32(43(54)57-13)25-31-19-16-15-17-20-31/h15-17,19-20,27-30,32-34,36-39,44H,14,18,21-26H2,1-13H3,(H,45,51)(H,46,52)/t29-,30+,32-,33-,34+,36-,37-,38-,39+/m0/s1. The van der Waals surface area contributed by atoms with Gasteiger partial charge in [0.05, 0.1) is 49.8 Å². The fourth-order valence-corrected chi connectivity index (χ4v) is 8.21. The van der Waals surface area contributed by atoms with Gasteiger partial charge in [-0.1, -0.05) is 85.2 Å². The van der Waals surface area contributed by atoms with Gasteiger partial charge < -0.3 is 40.0 Å². The molecule has 1 fully saturated rings. The van der Waals surface area contributed by atoms with Gasteiger partial charge in [0.15, 0.2) is 0 Å². The van der Waals surface area contributed by atoms with Crippen molar-refractivity contribution in [2.75, 3.05) is 62.1 Å². The van der Waals surface area contributed by atoms with Crippen molar-refractivity contribution in [3.63, 3.8) is 0 Å². The van der Waals surface area contributed by atoms with E-state index in [2.05, 4.69) is 16.0 Å². The lowest BCUT2D eigenvalue weighted by molar-refractivity contribution is -0.149. The number of likely N-dealkylation sites (N-methyl/N-ethyl adjacent to an activating group) is 3. The van der Waals surface area contributed by atoms with Gasteiger partial charge in [0.1, 0.15) is 12.1 Å². The molecule has 14 nitrogen and oxygen atoms in total. The Morgan fingerprint density at radius 3 is 2.07 bits per heavy atom. The van der Waals surface area contributed by atoms with E-state index in [9.17, 15) is 24.0 Å². The molecule has 2 rings (SSSR count). The summed E-state index contributed by atoms with van der Waals surface area (Å²) in [6.45, 7) is 15.5. The van der Waals surface area contributed by atoms with Crippen LogP contribution in [0.15, 0.2) is 30.3 Å². The van der Waals surface area contributed by atoms with E-state index in [0.29, 0.717) is 19.5 Å². The molecule has 1 aromatic carbocycles. The molecule has 57 heavy (non-hydrogen) atoms. The summed E-state index contributed by atoms with van der Waals surface area (Å²) < 4.78 is 17.0. The lowest BCUT2D eigenvalue weighted by atomic mass is 9.89. The molecule has 1 saturated heterocycles. The number of ether oxygens (including phenoxy) is 3. The van der Waals surface area contributed by atoms with Crippen LogP contribution in [0.25, 0.3) is 0 Å². The van der Waals surface area contributed by atoms with E-state index < -0.39 is 54.3 Å². The van der Waals surface area contributed by atoms with Crippen LogP contribution in [0, 0.1) is 23.7 Å². The third-order valence-electron chi connectivity index (χ3n) is 11.7. The van der Waals surface area contributed by atoms with E-state index in [0.717, 1.165) is 24.9 Å². The largest absolute Gasteiger partial charge is 0.467 e. The molecule has 4 amide bonds. The third-order valence-corrected chi connectivity index (χ3v) is 11.7. The monoisotopic (exact) mass is 803 g/mol. The highest BCUT2D eigenvalue weighted by atomic mass is 16.5. The molecule has 3 N–H and O–H groups in total. The number of nitrogens with zero attached hydrogens (tertiary/aromatic N) is 3. The van der Waals surface area contributed by atoms with Crippen molar-refractivity contribution in [1.29, 1.82) is 0 Å². The van der Waals surface area contributed by atoms with Crippen LogP contribution < -0.4 is 16.0 Å². The Balaban J connectivity index is 2.29. The van der Waals surface area contributed by atoms with Crippen molar-refractivity contribution in [2.24, 2.45) is 23.7 Å². The number of hydrogen-bond donors (Lipinski definition) is 3. The summed E-state index contributed by atoms with van der Waals surface area (Å²) in [7, 11) is 9.90. The zero-order chi connectivity index (χ0) is 43.0. The van der Waals surface area contributed by atoms with Crippen LogP contribution >= 0.6 is 0 Å². The Morgan fingerprint density at radius 2 is 1.54 bits per heavy atom. The second kappa shape index (κ2) is 24.4. The van der Waals surface area contributed by atoms with Crippen LogP contribution in [0.4, 0.5) is 0 Å². The molecule has 9 atom stereocenters. The van der Waals surface area contributed by atoms with Gasteiger partial charge in [-0.2, -0.15) is 0 Å². The average Bonchev–Trinajstić information content (AvgIpc) is 3.67. The maximum absolute atomic E-state index is 14.4. The summed E-state index contributed by atoms with van der Waals surface area (Å²) in [5.41, 5.74) is 0.875. The van der Waals surface area contributed by atoms with Gasteiger partial charge in [-0.05, 0) is 50.3 Å². The molecular weight excluding hydrogens is 729 g/mol. The third kappa shape index (κ3) is 13.8. The fourth-order valence-electron chi connectivity index (χ4n) is 8.21. The maximum Gasteiger partial charge on any atom is 0.328 e. The predicted octanol–water partition coefficient (Wildman–Crippen LogP) is 3.12. The highest BCUT2D eigenvalue weighted by Gasteiger charge is 2.43. The lowest BCUT2D eigenvalue weighted by Gasteiger charge is -2.41. The molecule has 1 aromatic rings. The van der Waals surface area contributed by atoms with Crippen LogP contribution in [0.1, 0.15) is 79.7 Å². The van der Waals surface area contributed by atoms with Gasteiger partial charge in [0.2, 0.25) is 23.6 Å². The Morgan fingerprint density at radius 1 is 0.895 bits per heavy atom. The molecule has 324 valence electrons. The number of methoxy groups -OCH3 is 3. The fraction of sp³-hybridized carbons (Fsp3) is 0.744. The number of rotatable bonds is 24. The van der Waals surface area contributed by atoms with Crippen LogP contribution in [0.3, 0.4) is 0 Å². The highest BCUT2D eigenvalue weighted by molar-refractivity contribution is 5.90. The zero-order valence-electron chi connectivity index (χ0n) is 37.0. The first-order valence-electron chi connectivity index (χ1n) is 20.7. The first-order chi connectivity index (χ1) is 27.0. The Hall–Kier alpha value is -3.59. The number of hydrogen-bond acceptors (Lipinski definition) is 10. The van der Waals surface area contributed by atoms with Crippen LogP contribution in [-0.2, 0) is 44.6 Å². The van der Waals surface area contributed by atoms with Gasteiger partial charge in [0.25, 0.3) is 0 Å². The highest BCUT2D eigenvalue weighted by Crippen LogP contribution is 2.30. The number of amides is 4. The van der Waals surface area contributed by atoms with E-state index in [1.54, 1.807) is 30.9 Å². The van der Waals surface area contributed by atoms with Crippen molar-refractivity contribution >= 4 is 29.6 Å². The smallest absolute Gasteiger partial charge is 0.328 e. The SMILES string of the molecule is CC[C@H](C)[C@@H]([C@@H](CC(=O)N1CCC[C@H]1[C@H](OC)[C@@H](C)C(=O)N[C@@H](Cc1ccccc1)C(=O)OC)OC)N(C)C(=O)[C@@H](NC(=O)[C@H](C(C)C)N(C)CCNC)C(C)C. The Labute approximate surface area is 342 Å². The summed E-state index contributed by atoms with van der Waals surface area (Å²) in [4.78, 5) is 74.3. The molecule has 0 saturated carbocycles. The van der Waals surface area contributed by atoms with Crippen molar-refractivity contribution in [3.8, 4) is 0 Å². The van der Waals surface area contributed by atoms with Gasteiger partial charge >= 0.3 is 5.97 Å². The van der Waals surface area contributed by atoms with Crippen molar-refractivity contribution < 1.29 is 38.2 Å². The topological polar surface area (TPSA) is 159 Å². The quantitative estimate of drug-likeness (QED) is 0.133. The first-order valence-corrected chi connectivity index (χ1v) is 20.7. The van der Waals surface area contributed by atoms with E-state index >= 15 is 0 Å². The van der Waals surface area contributed by atoms with Gasteiger partial charge in [0, 0.05) is 47.3 Å². The number of carbonyl (C=O) groups is 5. The van der Waals surface area contributed by atoms with Crippen LogP contribution in [0.5, 0.6) is 0 Å². The summed E-state index contributed by atoms with van der Waals surface area (Å²) >= 11 is 0. The molecule has 0 bridgehead atoms. The minimum absolute atomic E-state index is 0.00250. The Kier molecular flexibility index (Phi) is 21.2. The van der Waals surface area contributed by atoms with E-state index in [1.165, 1.54) is 14.2 Å². The number of likely N-dealkylation sites (tertiary alicyclic amines) is 1. The molecule has 0 aromatic heterocycles. The molecule has 0 aliphatic carbocycles. The maximum atomic E-state index is 14.4. The average molecular weight is 803 g/mol. The predicted molar refractivity (Wildman–Crippen MR) is 222 cm³/mol. The number of nitrogens with one attached hydrogen (secondary N) is 3. The zero-order valence-corrected chi connectivity index (χ0v) is 37.0. The van der Waals surface area contributed by atoms with Gasteiger partial charge in [-0.3, -0.25) is 24.1 Å². The van der Waals surface area contributed by atoms with Gasteiger partial charge in [-0.25, -0.2) is 4.79 Å². The number of esters is 1. The van der Waals surface area contributed by atoms with Crippen molar-refractivity contribution in [3.05, 3.63) is 35.9 Å².